The molecule has 0 bridgehead atoms. The molecule has 24 heavy (non-hydrogen) atoms. The topological polar surface area (TPSA) is 57.1 Å². The third-order valence-electron chi connectivity index (χ3n) is 3.74. The Labute approximate surface area is 140 Å². The second-order valence-corrected chi connectivity index (χ2v) is 5.22. The molecule has 0 saturated carbocycles. The van der Waals surface area contributed by atoms with Crippen molar-refractivity contribution in [1.82, 2.24) is 0 Å². The lowest BCUT2D eigenvalue weighted by Gasteiger charge is -2.12. The van der Waals surface area contributed by atoms with Gasteiger partial charge in [0.05, 0.1) is 14.2 Å². The Morgan fingerprint density at radius 1 is 1.04 bits per heavy atom. The largest absolute Gasteiger partial charge is 0.496 e. The number of ether oxygens (including phenoxy) is 3. The van der Waals surface area contributed by atoms with Crippen LogP contribution in [0.5, 0.6) is 11.5 Å². The van der Waals surface area contributed by atoms with E-state index in [1.54, 1.807) is 20.3 Å². The molecule has 0 N–H and O–H groups in total. The van der Waals surface area contributed by atoms with Gasteiger partial charge in [-0.25, -0.2) is 9.79 Å². The predicted molar refractivity (Wildman–Crippen MR) is 91.3 cm³/mol. The molecule has 5 heteroatoms. The number of benzene rings is 2. The van der Waals surface area contributed by atoms with Crippen molar-refractivity contribution in [2.24, 2.45) is 4.99 Å². The second-order valence-electron chi connectivity index (χ2n) is 5.22. The first kappa shape index (κ1) is 15.8. The lowest BCUT2D eigenvalue weighted by molar-refractivity contribution is -0.129. The maximum Gasteiger partial charge on any atom is 0.363 e. The molecule has 2 aromatic rings. The second kappa shape index (κ2) is 6.58. The van der Waals surface area contributed by atoms with E-state index in [2.05, 4.69) is 4.99 Å². The van der Waals surface area contributed by atoms with Crippen molar-refractivity contribution >= 4 is 17.9 Å². The normalized spacial score (nSPS) is 15.2. The molecular weight excluding hydrogens is 306 g/mol. The van der Waals surface area contributed by atoms with Gasteiger partial charge >= 0.3 is 5.97 Å². The number of rotatable bonds is 4. The Morgan fingerprint density at radius 2 is 1.79 bits per heavy atom. The fourth-order valence-corrected chi connectivity index (χ4v) is 2.56. The summed E-state index contributed by atoms with van der Waals surface area (Å²) in [5.74, 6) is 1.18. The fourth-order valence-electron chi connectivity index (χ4n) is 2.56. The summed E-state index contributed by atoms with van der Waals surface area (Å²) >= 11 is 0. The van der Waals surface area contributed by atoms with E-state index in [0.29, 0.717) is 11.6 Å². The van der Waals surface area contributed by atoms with Gasteiger partial charge in [0.15, 0.2) is 5.70 Å². The standard InChI is InChI=1S/C19H17NO4/c1-12-16(22-2)10-9-14(17(12)23-3)11-15-19(21)24-18(20-15)13-7-5-4-6-8-13/h4-11H,1-3H3/b15-11+. The molecule has 0 unspecified atom stereocenters. The van der Waals surface area contributed by atoms with Gasteiger partial charge in [0.1, 0.15) is 11.5 Å². The van der Waals surface area contributed by atoms with E-state index in [0.717, 1.165) is 22.4 Å². The number of cyclic esters (lactones) is 1. The summed E-state index contributed by atoms with van der Waals surface area (Å²) in [7, 11) is 3.18. The zero-order valence-electron chi connectivity index (χ0n) is 13.7. The summed E-state index contributed by atoms with van der Waals surface area (Å²) in [6, 6.07) is 12.9. The van der Waals surface area contributed by atoms with Gasteiger partial charge in [-0.1, -0.05) is 18.2 Å². The van der Waals surface area contributed by atoms with Crippen molar-refractivity contribution in [1.29, 1.82) is 0 Å². The Balaban J connectivity index is 2.01. The molecule has 1 aliphatic rings. The highest BCUT2D eigenvalue weighted by atomic mass is 16.6. The Bertz CT molecular complexity index is 838. The van der Waals surface area contributed by atoms with Crippen LogP contribution in [0.2, 0.25) is 0 Å². The molecule has 0 radical (unpaired) electrons. The summed E-state index contributed by atoms with van der Waals surface area (Å²) in [6.45, 7) is 1.89. The number of hydrogen-bond acceptors (Lipinski definition) is 5. The third-order valence-corrected chi connectivity index (χ3v) is 3.74. The number of esters is 1. The third kappa shape index (κ3) is 2.88. The first-order valence-electron chi connectivity index (χ1n) is 7.43. The van der Waals surface area contributed by atoms with Gasteiger partial charge < -0.3 is 14.2 Å². The monoisotopic (exact) mass is 323 g/mol. The van der Waals surface area contributed by atoms with Gasteiger partial charge in [0.2, 0.25) is 5.90 Å². The number of methoxy groups -OCH3 is 2. The van der Waals surface area contributed by atoms with Crippen molar-refractivity contribution < 1.29 is 19.0 Å². The molecule has 0 saturated heterocycles. The summed E-state index contributed by atoms with van der Waals surface area (Å²) in [4.78, 5) is 16.4. The van der Waals surface area contributed by atoms with Crippen molar-refractivity contribution in [2.45, 2.75) is 6.92 Å². The molecule has 0 aromatic heterocycles. The summed E-state index contributed by atoms with van der Waals surface area (Å²) < 4.78 is 16.0. The van der Waals surface area contributed by atoms with Crippen LogP contribution in [-0.2, 0) is 9.53 Å². The van der Waals surface area contributed by atoms with E-state index in [9.17, 15) is 4.79 Å². The molecule has 0 aliphatic carbocycles. The highest BCUT2D eigenvalue weighted by molar-refractivity contribution is 6.12. The smallest absolute Gasteiger partial charge is 0.363 e. The first-order chi connectivity index (χ1) is 11.6. The fraction of sp³-hybridized carbons (Fsp3) is 0.158. The van der Waals surface area contributed by atoms with Crippen LogP contribution in [-0.4, -0.2) is 26.1 Å². The zero-order valence-corrected chi connectivity index (χ0v) is 13.7. The van der Waals surface area contributed by atoms with E-state index in [4.69, 9.17) is 14.2 Å². The summed E-state index contributed by atoms with van der Waals surface area (Å²) in [5.41, 5.74) is 2.58. The van der Waals surface area contributed by atoms with Gasteiger partial charge in [-0.2, -0.15) is 0 Å². The Morgan fingerprint density at radius 3 is 2.46 bits per heavy atom. The minimum atomic E-state index is -0.482. The molecule has 0 atom stereocenters. The zero-order chi connectivity index (χ0) is 17.1. The van der Waals surface area contributed by atoms with Gasteiger partial charge in [-0.05, 0) is 37.3 Å². The van der Waals surface area contributed by atoms with Crippen molar-refractivity contribution in [3.05, 3.63) is 64.9 Å². The van der Waals surface area contributed by atoms with Crippen molar-refractivity contribution in [3.8, 4) is 11.5 Å². The molecule has 3 rings (SSSR count). The van der Waals surface area contributed by atoms with Gasteiger partial charge in [0, 0.05) is 16.7 Å². The van der Waals surface area contributed by atoms with Crippen LogP contribution < -0.4 is 9.47 Å². The molecule has 0 spiro atoms. The van der Waals surface area contributed by atoms with E-state index in [1.807, 2.05) is 49.4 Å². The quantitative estimate of drug-likeness (QED) is 0.639. The van der Waals surface area contributed by atoms with E-state index in [-0.39, 0.29) is 5.70 Å². The predicted octanol–water partition coefficient (Wildman–Crippen LogP) is 3.36. The molecule has 1 aliphatic heterocycles. The first-order valence-corrected chi connectivity index (χ1v) is 7.43. The van der Waals surface area contributed by atoms with E-state index >= 15 is 0 Å². The van der Waals surface area contributed by atoms with Crippen molar-refractivity contribution in [3.63, 3.8) is 0 Å². The van der Waals surface area contributed by atoms with Crippen LogP contribution in [0, 0.1) is 6.92 Å². The molecule has 0 fully saturated rings. The van der Waals surface area contributed by atoms with Crippen LogP contribution in [0.25, 0.3) is 6.08 Å². The average molecular weight is 323 g/mol. The number of hydrogen-bond donors (Lipinski definition) is 0. The lowest BCUT2D eigenvalue weighted by Crippen LogP contribution is -2.05. The molecule has 5 nitrogen and oxygen atoms in total. The highest BCUT2D eigenvalue weighted by Gasteiger charge is 2.24. The highest BCUT2D eigenvalue weighted by Crippen LogP contribution is 2.33. The number of carbonyl (C=O) groups is 1. The number of nitrogens with zero attached hydrogens (tertiary/aromatic N) is 1. The minimum Gasteiger partial charge on any atom is -0.496 e. The van der Waals surface area contributed by atoms with Crippen LogP contribution in [0.3, 0.4) is 0 Å². The Kier molecular flexibility index (Phi) is 4.33. The summed E-state index contributed by atoms with van der Waals surface area (Å²) in [6.07, 6.45) is 1.66. The SMILES string of the molecule is COc1ccc(/C=C2/N=C(c3ccccc3)OC2=O)c(OC)c1C. The van der Waals surface area contributed by atoms with Gasteiger partial charge in [-0.3, -0.25) is 0 Å². The van der Waals surface area contributed by atoms with Crippen LogP contribution in [0.4, 0.5) is 0 Å². The average Bonchev–Trinajstić information content (AvgIpc) is 2.97. The van der Waals surface area contributed by atoms with E-state index in [1.165, 1.54) is 0 Å². The maximum absolute atomic E-state index is 12.1. The minimum absolute atomic E-state index is 0.233. The summed E-state index contributed by atoms with van der Waals surface area (Å²) in [5, 5.41) is 0. The van der Waals surface area contributed by atoms with Gasteiger partial charge in [0.25, 0.3) is 0 Å². The number of aliphatic imine (C=N–C) groups is 1. The van der Waals surface area contributed by atoms with Crippen LogP contribution in [0.15, 0.2) is 53.2 Å². The van der Waals surface area contributed by atoms with E-state index < -0.39 is 5.97 Å². The number of carbonyl (C=O) groups excluding carboxylic acids is 1. The van der Waals surface area contributed by atoms with Crippen LogP contribution >= 0.6 is 0 Å². The Hall–Kier alpha value is -3.08. The molecule has 0 amide bonds. The molecule has 2 aromatic carbocycles. The maximum atomic E-state index is 12.1. The molecule has 1 heterocycles. The lowest BCUT2D eigenvalue weighted by atomic mass is 10.1. The van der Waals surface area contributed by atoms with Crippen LogP contribution in [0.1, 0.15) is 16.7 Å². The molecule has 122 valence electrons. The van der Waals surface area contributed by atoms with Gasteiger partial charge in [-0.15, -0.1) is 0 Å². The molecular formula is C19H17NO4. The van der Waals surface area contributed by atoms with Crippen molar-refractivity contribution in [2.75, 3.05) is 14.2 Å².